The fraction of sp³-hybridized carbons (Fsp3) is 0.250. The zero-order valence-electron chi connectivity index (χ0n) is 6.73. The second-order valence-electron chi connectivity index (χ2n) is 2.19. The van der Waals surface area contributed by atoms with Crippen molar-refractivity contribution >= 4 is 13.3 Å². The van der Waals surface area contributed by atoms with Crippen molar-refractivity contribution in [3.8, 4) is 5.75 Å². The summed E-state index contributed by atoms with van der Waals surface area (Å²) in [5.41, 5.74) is 0. The van der Waals surface area contributed by atoms with Gasteiger partial charge in [-0.2, -0.15) is 0 Å². The van der Waals surface area contributed by atoms with E-state index in [1.807, 2.05) is 0 Å². The number of phenols is 1. The molecule has 0 bridgehead atoms. The Kier molecular flexibility index (Phi) is 3.20. The lowest BCUT2D eigenvalue weighted by Gasteiger charge is -1.88. The normalized spacial score (nSPS) is 11.2. The van der Waals surface area contributed by atoms with Gasteiger partial charge in [-0.3, -0.25) is 0 Å². The van der Waals surface area contributed by atoms with E-state index in [1.54, 1.807) is 19.1 Å². The summed E-state index contributed by atoms with van der Waals surface area (Å²) in [6.07, 6.45) is 0. The monoisotopic (exact) mass is 185 g/mol. The van der Waals surface area contributed by atoms with Gasteiger partial charge in [0.25, 0.3) is 0 Å². The first-order valence-electron chi connectivity index (χ1n) is 3.63. The molecule has 1 aromatic rings. The standard InChI is InChI=1S/C8H9O3P/c1-2-11-12(10)8-5-3-7(9)4-6-8/h3-6H,2H2,1H3/p+1. The van der Waals surface area contributed by atoms with Crippen LogP contribution in [0.25, 0.3) is 0 Å². The molecule has 0 heterocycles. The number of hydrogen-bond donors (Lipinski definition) is 1. The molecule has 0 saturated carbocycles. The molecule has 12 heavy (non-hydrogen) atoms. The summed E-state index contributed by atoms with van der Waals surface area (Å²) in [4.78, 5) is 0. The molecule has 0 radical (unpaired) electrons. The topological polar surface area (TPSA) is 46.5 Å². The van der Waals surface area contributed by atoms with Gasteiger partial charge in [0.05, 0.1) is 0 Å². The third-order valence-electron chi connectivity index (χ3n) is 1.31. The molecule has 0 aromatic heterocycles. The SMILES string of the molecule is CCO[P+](=O)c1ccc(O)cc1. The molecular formula is C8H10O3P+. The molecule has 0 fully saturated rings. The lowest BCUT2D eigenvalue weighted by molar-refractivity contribution is 0.357. The van der Waals surface area contributed by atoms with Crippen LogP contribution in [0.3, 0.4) is 0 Å². The Morgan fingerprint density at radius 1 is 1.42 bits per heavy atom. The number of benzene rings is 1. The van der Waals surface area contributed by atoms with Crippen LogP contribution in [0.2, 0.25) is 0 Å². The van der Waals surface area contributed by atoms with Crippen LogP contribution in [-0.2, 0) is 9.09 Å². The zero-order valence-corrected chi connectivity index (χ0v) is 7.62. The Morgan fingerprint density at radius 3 is 2.50 bits per heavy atom. The maximum atomic E-state index is 11.2. The first kappa shape index (κ1) is 9.17. The highest BCUT2D eigenvalue weighted by Gasteiger charge is 2.20. The van der Waals surface area contributed by atoms with E-state index < -0.39 is 8.03 Å². The maximum absolute atomic E-state index is 11.2. The van der Waals surface area contributed by atoms with E-state index in [2.05, 4.69) is 0 Å². The van der Waals surface area contributed by atoms with Crippen molar-refractivity contribution in [2.75, 3.05) is 6.61 Å². The molecule has 1 unspecified atom stereocenters. The second kappa shape index (κ2) is 4.19. The predicted octanol–water partition coefficient (Wildman–Crippen LogP) is 1.80. The van der Waals surface area contributed by atoms with Crippen molar-refractivity contribution in [3.05, 3.63) is 24.3 Å². The first-order chi connectivity index (χ1) is 5.74. The van der Waals surface area contributed by atoms with Crippen molar-refractivity contribution < 1.29 is 14.2 Å². The molecule has 4 heteroatoms. The number of rotatable bonds is 3. The van der Waals surface area contributed by atoms with Gasteiger partial charge in [0.15, 0.2) is 0 Å². The number of hydrogen-bond acceptors (Lipinski definition) is 3. The van der Waals surface area contributed by atoms with Gasteiger partial charge in [0, 0.05) is 0 Å². The molecule has 1 N–H and O–H groups in total. The molecule has 0 saturated heterocycles. The van der Waals surface area contributed by atoms with Crippen LogP contribution in [0, 0.1) is 0 Å². The van der Waals surface area contributed by atoms with Crippen molar-refractivity contribution in [3.63, 3.8) is 0 Å². The Bertz CT molecular complexity index is 268. The highest BCUT2D eigenvalue weighted by molar-refractivity contribution is 7.48. The van der Waals surface area contributed by atoms with Gasteiger partial charge in [0.2, 0.25) is 5.30 Å². The summed E-state index contributed by atoms with van der Waals surface area (Å²) in [6.45, 7) is 2.21. The van der Waals surface area contributed by atoms with Crippen molar-refractivity contribution in [2.45, 2.75) is 6.92 Å². The van der Waals surface area contributed by atoms with E-state index >= 15 is 0 Å². The van der Waals surface area contributed by atoms with E-state index in [1.165, 1.54) is 12.1 Å². The third-order valence-corrected chi connectivity index (χ3v) is 2.52. The van der Waals surface area contributed by atoms with Gasteiger partial charge in [-0.05, 0) is 35.8 Å². The molecule has 0 aliphatic carbocycles. The minimum atomic E-state index is -1.75. The molecule has 0 spiro atoms. The smallest absolute Gasteiger partial charge is 0.508 e. The number of aromatic hydroxyl groups is 1. The van der Waals surface area contributed by atoms with E-state index in [0.717, 1.165) is 0 Å². The summed E-state index contributed by atoms with van der Waals surface area (Å²) >= 11 is 0. The molecule has 1 atom stereocenters. The lowest BCUT2D eigenvalue weighted by atomic mass is 10.3. The molecule has 0 aliphatic rings. The maximum Gasteiger partial charge on any atom is 0.548 e. The second-order valence-corrected chi connectivity index (χ2v) is 3.48. The fourth-order valence-electron chi connectivity index (χ4n) is 0.766. The highest BCUT2D eigenvalue weighted by Crippen LogP contribution is 2.21. The molecule has 0 aliphatic heterocycles. The van der Waals surface area contributed by atoms with Gasteiger partial charge < -0.3 is 5.11 Å². The molecule has 1 rings (SSSR count). The molecule has 64 valence electrons. The minimum absolute atomic E-state index is 0.165. The van der Waals surface area contributed by atoms with Crippen LogP contribution in [0.1, 0.15) is 6.92 Å². The lowest BCUT2D eigenvalue weighted by Crippen LogP contribution is -1.96. The summed E-state index contributed by atoms with van der Waals surface area (Å²) in [5, 5.41) is 9.53. The van der Waals surface area contributed by atoms with E-state index in [9.17, 15) is 4.57 Å². The van der Waals surface area contributed by atoms with Gasteiger partial charge in [0.1, 0.15) is 12.4 Å². The van der Waals surface area contributed by atoms with Gasteiger partial charge in [-0.25, -0.2) is 0 Å². The van der Waals surface area contributed by atoms with Crippen molar-refractivity contribution in [1.82, 2.24) is 0 Å². The summed E-state index contributed by atoms with van der Waals surface area (Å²) in [6, 6.07) is 6.15. The predicted molar refractivity (Wildman–Crippen MR) is 47.0 cm³/mol. The van der Waals surface area contributed by atoms with Crippen molar-refractivity contribution in [1.29, 1.82) is 0 Å². The summed E-state index contributed by atoms with van der Waals surface area (Å²) in [5.74, 6) is 0.165. The Hall–Kier alpha value is -0.920. The van der Waals surface area contributed by atoms with Crippen molar-refractivity contribution in [2.24, 2.45) is 0 Å². The molecule has 0 amide bonds. The van der Waals surface area contributed by atoms with Crippen LogP contribution in [0.5, 0.6) is 5.75 Å². The largest absolute Gasteiger partial charge is 0.548 e. The average Bonchev–Trinajstić information content (AvgIpc) is 2.06. The average molecular weight is 185 g/mol. The van der Waals surface area contributed by atoms with Crippen LogP contribution in [-0.4, -0.2) is 11.7 Å². The molecule has 1 aromatic carbocycles. The van der Waals surface area contributed by atoms with E-state index in [0.29, 0.717) is 11.9 Å². The third kappa shape index (κ3) is 2.29. The zero-order chi connectivity index (χ0) is 8.97. The van der Waals surface area contributed by atoms with E-state index in [4.69, 9.17) is 9.63 Å². The quantitative estimate of drug-likeness (QED) is 0.730. The first-order valence-corrected chi connectivity index (χ1v) is 4.81. The summed E-state index contributed by atoms with van der Waals surface area (Å²) < 4.78 is 16.1. The van der Waals surface area contributed by atoms with Crippen LogP contribution >= 0.6 is 8.03 Å². The van der Waals surface area contributed by atoms with Crippen LogP contribution in [0.4, 0.5) is 0 Å². The van der Waals surface area contributed by atoms with Gasteiger partial charge in [-0.15, -0.1) is 4.52 Å². The van der Waals surface area contributed by atoms with Crippen LogP contribution < -0.4 is 5.30 Å². The number of phenolic OH excluding ortho intramolecular Hbond substituents is 1. The Labute approximate surface area is 71.9 Å². The minimum Gasteiger partial charge on any atom is -0.508 e. The fourth-order valence-corrected chi connectivity index (χ4v) is 1.54. The summed E-state index contributed by atoms with van der Waals surface area (Å²) in [7, 11) is -1.75. The van der Waals surface area contributed by atoms with Gasteiger partial charge >= 0.3 is 8.03 Å². The Balaban J connectivity index is 2.75. The highest BCUT2D eigenvalue weighted by atomic mass is 31.1. The molecular weight excluding hydrogens is 175 g/mol. The Morgan fingerprint density at radius 2 is 2.00 bits per heavy atom. The van der Waals surface area contributed by atoms with Crippen LogP contribution in [0.15, 0.2) is 24.3 Å². The van der Waals surface area contributed by atoms with E-state index in [-0.39, 0.29) is 5.75 Å². The molecule has 3 nitrogen and oxygen atoms in total. The van der Waals surface area contributed by atoms with Gasteiger partial charge in [-0.1, -0.05) is 0 Å².